The van der Waals surface area contributed by atoms with Gasteiger partial charge in [0.05, 0.1) is 29.7 Å². The molecule has 0 aromatic carbocycles. The van der Waals surface area contributed by atoms with Crippen LogP contribution in [0.4, 0.5) is 16.8 Å². The summed E-state index contributed by atoms with van der Waals surface area (Å²) in [7, 11) is 1.91. The van der Waals surface area contributed by atoms with E-state index in [0.717, 1.165) is 59.4 Å². The number of rotatable bonds is 6. The molecule has 0 saturated carbocycles. The lowest BCUT2D eigenvalue weighted by Gasteiger charge is -2.14. The van der Waals surface area contributed by atoms with Crippen molar-refractivity contribution in [1.29, 1.82) is 0 Å². The van der Waals surface area contributed by atoms with E-state index >= 15 is 0 Å². The zero-order chi connectivity index (χ0) is 19.8. The highest BCUT2D eigenvalue weighted by Gasteiger charge is 2.19. The minimum Gasteiger partial charge on any atom is -0.381 e. The van der Waals surface area contributed by atoms with Gasteiger partial charge in [0, 0.05) is 38.5 Å². The summed E-state index contributed by atoms with van der Waals surface area (Å²) in [6.45, 7) is 4.39. The minimum atomic E-state index is 0.488. The summed E-state index contributed by atoms with van der Waals surface area (Å²) in [5.41, 5.74) is 3.73. The number of anilines is 3. The van der Waals surface area contributed by atoms with Gasteiger partial charge in [0.1, 0.15) is 10.5 Å². The Kier molecular flexibility index (Phi) is 4.64. The van der Waals surface area contributed by atoms with Crippen molar-refractivity contribution in [2.24, 2.45) is 13.0 Å². The summed E-state index contributed by atoms with van der Waals surface area (Å²) in [5.74, 6) is 1.83. The van der Waals surface area contributed by atoms with Crippen LogP contribution in [0.5, 0.6) is 0 Å². The van der Waals surface area contributed by atoms with Crippen molar-refractivity contribution in [3.05, 3.63) is 36.4 Å². The largest absolute Gasteiger partial charge is 0.381 e. The molecule has 5 heterocycles. The van der Waals surface area contributed by atoms with Gasteiger partial charge < -0.3 is 19.9 Å². The Hall–Kier alpha value is -2.98. The van der Waals surface area contributed by atoms with E-state index in [9.17, 15) is 0 Å². The summed E-state index contributed by atoms with van der Waals surface area (Å²) in [6, 6.07) is 3.99. The SMILES string of the molecule is Cc1cc(Nc2nc(NCC3CCOC3)c3c(ccn3-c3cnn(C)c3)n2)sn1. The van der Waals surface area contributed by atoms with E-state index in [-0.39, 0.29) is 0 Å². The summed E-state index contributed by atoms with van der Waals surface area (Å²) in [4.78, 5) is 9.51. The fourth-order valence-corrected chi connectivity index (χ4v) is 4.15. The van der Waals surface area contributed by atoms with Crippen molar-refractivity contribution in [3.63, 3.8) is 0 Å². The predicted molar refractivity (Wildman–Crippen MR) is 113 cm³/mol. The minimum absolute atomic E-state index is 0.488. The molecule has 1 fully saturated rings. The number of aromatic nitrogens is 6. The number of fused-ring (bicyclic) bond motifs is 1. The molecule has 0 bridgehead atoms. The third-order valence-electron chi connectivity index (χ3n) is 4.95. The third-order valence-corrected chi connectivity index (χ3v) is 5.74. The summed E-state index contributed by atoms with van der Waals surface area (Å²) >= 11 is 1.40. The van der Waals surface area contributed by atoms with E-state index < -0.39 is 0 Å². The van der Waals surface area contributed by atoms with Gasteiger partial charge in [-0.2, -0.15) is 14.5 Å². The van der Waals surface area contributed by atoms with Crippen LogP contribution in [-0.4, -0.2) is 48.4 Å². The molecule has 0 radical (unpaired) electrons. The molecule has 9 nitrogen and oxygen atoms in total. The molecule has 4 aromatic rings. The number of hydrogen-bond donors (Lipinski definition) is 2. The van der Waals surface area contributed by atoms with Gasteiger partial charge in [0.25, 0.3) is 0 Å². The standard InChI is InChI=1S/C19H22N8OS/c1-12-7-16(29-25-12)23-19-22-15-3-5-27(14-9-21-26(2)10-14)17(15)18(24-19)20-8-13-4-6-28-11-13/h3,5,7,9-10,13H,4,6,8,11H2,1-2H3,(H2,20,22,23,24). The molecule has 1 aliphatic rings. The Morgan fingerprint density at radius 1 is 1.34 bits per heavy atom. The molecule has 4 aromatic heterocycles. The van der Waals surface area contributed by atoms with Gasteiger partial charge in [-0.3, -0.25) is 4.68 Å². The molecule has 1 unspecified atom stereocenters. The summed E-state index contributed by atoms with van der Waals surface area (Å²) in [6.07, 6.45) is 6.87. The molecule has 29 heavy (non-hydrogen) atoms. The van der Waals surface area contributed by atoms with Gasteiger partial charge >= 0.3 is 0 Å². The van der Waals surface area contributed by atoms with E-state index in [4.69, 9.17) is 14.7 Å². The Morgan fingerprint density at radius 2 is 2.28 bits per heavy atom. The molecule has 0 spiro atoms. The lowest BCUT2D eigenvalue weighted by molar-refractivity contribution is 0.187. The first-order valence-corrected chi connectivity index (χ1v) is 10.3. The van der Waals surface area contributed by atoms with Crippen LogP contribution in [0.2, 0.25) is 0 Å². The van der Waals surface area contributed by atoms with E-state index in [2.05, 4.69) is 24.7 Å². The predicted octanol–water partition coefficient (Wildman–Crippen LogP) is 3.11. The smallest absolute Gasteiger partial charge is 0.230 e. The Labute approximate surface area is 171 Å². The first-order chi connectivity index (χ1) is 14.2. The summed E-state index contributed by atoms with van der Waals surface area (Å²) in [5, 5.41) is 12.0. The monoisotopic (exact) mass is 410 g/mol. The summed E-state index contributed by atoms with van der Waals surface area (Å²) < 4.78 is 13.7. The number of nitrogens with one attached hydrogen (secondary N) is 2. The van der Waals surface area contributed by atoms with Crippen LogP contribution in [-0.2, 0) is 11.8 Å². The maximum atomic E-state index is 5.51. The molecule has 1 atom stereocenters. The first-order valence-electron chi connectivity index (χ1n) is 9.56. The normalized spacial score (nSPS) is 16.6. The lowest BCUT2D eigenvalue weighted by Crippen LogP contribution is -2.16. The van der Waals surface area contributed by atoms with Gasteiger partial charge in [-0.1, -0.05) is 0 Å². The molecule has 10 heteroatoms. The van der Waals surface area contributed by atoms with Crippen molar-refractivity contribution in [2.75, 3.05) is 30.4 Å². The molecule has 0 amide bonds. The maximum Gasteiger partial charge on any atom is 0.230 e. The Bertz CT molecular complexity index is 1140. The van der Waals surface area contributed by atoms with Gasteiger partial charge in [-0.25, -0.2) is 4.98 Å². The molecule has 1 aliphatic heterocycles. The average molecular weight is 411 g/mol. The van der Waals surface area contributed by atoms with Crippen molar-refractivity contribution in [1.82, 2.24) is 28.7 Å². The number of aryl methyl sites for hydroxylation is 2. The molecule has 150 valence electrons. The Balaban J connectivity index is 1.54. The molecule has 0 aliphatic carbocycles. The Morgan fingerprint density at radius 3 is 3.00 bits per heavy atom. The second-order valence-electron chi connectivity index (χ2n) is 7.26. The van der Waals surface area contributed by atoms with Crippen LogP contribution >= 0.6 is 11.5 Å². The van der Waals surface area contributed by atoms with Gasteiger partial charge in [0.2, 0.25) is 5.95 Å². The number of hydrogen-bond acceptors (Lipinski definition) is 8. The fourth-order valence-electron chi connectivity index (χ4n) is 3.49. The molecule has 5 rings (SSSR count). The van der Waals surface area contributed by atoms with E-state index in [1.54, 1.807) is 4.68 Å². The second-order valence-corrected chi connectivity index (χ2v) is 8.06. The highest BCUT2D eigenvalue weighted by atomic mass is 32.1. The highest BCUT2D eigenvalue weighted by Crippen LogP contribution is 2.29. The van der Waals surface area contributed by atoms with Crippen LogP contribution in [0.15, 0.2) is 30.7 Å². The fraction of sp³-hybridized carbons (Fsp3) is 0.368. The first kappa shape index (κ1) is 18.1. The van der Waals surface area contributed by atoms with Crippen LogP contribution in [0.1, 0.15) is 12.1 Å². The van der Waals surface area contributed by atoms with E-state index in [0.29, 0.717) is 11.9 Å². The van der Waals surface area contributed by atoms with Crippen LogP contribution in [0, 0.1) is 12.8 Å². The van der Waals surface area contributed by atoms with Crippen molar-refractivity contribution in [3.8, 4) is 5.69 Å². The van der Waals surface area contributed by atoms with Crippen LogP contribution in [0.3, 0.4) is 0 Å². The van der Waals surface area contributed by atoms with E-state index in [1.807, 2.05) is 44.7 Å². The van der Waals surface area contributed by atoms with Gasteiger partial charge in [0.15, 0.2) is 5.82 Å². The average Bonchev–Trinajstić information content (AvgIpc) is 3.47. The molecular weight excluding hydrogens is 388 g/mol. The topological polar surface area (TPSA) is 94.7 Å². The van der Waals surface area contributed by atoms with Crippen molar-refractivity contribution < 1.29 is 4.74 Å². The molecular formula is C19H22N8OS. The lowest BCUT2D eigenvalue weighted by atomic mass is 10.1. The highest BCUT2D eigenvalue weighted by molar-refractivity contribution is 7.10. The van der Waals surface area contributed by atoms with Crippen molar-refractivity contribution >= 4 is 39.3 Å². The van der Waals surface area contributed by atoms with Crippen molar-refractivity contribution in [2.45, 2.75) is 13.3 Å². The number of nitrogens with zero attached hydrogens (tertiary/aromatic N) is 6. The third kappa shape index (κ3) is 3.68. The number of ether oxygens (including phenoxy) is 1. The molecule has 2 N–H and O–H groups in total. The molecule has 1 saturated heterocycles. The second kappa shape index (κ2) is 7.45. The zero-order valence-electron chi connectivity index (χ0n) is 16.3. The van der Waals surface area contributed by atoms with Gasteiger partial charge in [-0.15, -0.1) is 0 Å². The van der Waals surface area contributed by atoms with E-state index in [1.165, 1.54) is 11.5 Å². The van der Waals surface area contributed by atoms with Crippen LogP contribution < -0.4 is 10.6 Å². The quantitative estimate of drug-likeness (QED) is 0.504. The van der Waals surface area contributed by atoms with Crippen LogP contribution in [0.25, 0.3) is 16.7 Å². The van der Waals surface area contributed by atoms with Gasteiger partial charge in [-0.05, 0) is 37.0 Å². The maximum absolute atomic E-state index is 5.51. The zero-order valence-corrected chi connectivity index (χ0v) is 17.1.